The molecule has 14 heteroatoms. The molecule has 0 spiro atoms. The van der Waals surface area contributed by atoms with Crippen LogP contribution < -0.4 is 30.2 Å². The number of nitrogens with one attached hydrogen (secondary N) is 3. The van der Waals surface area contributed by atoms with E-state index in [1.54, 1.807) is 74.6 Å². The number of aromatic hydroxyl groups is 1. The van der Waals surface area contributed by atoms with Crippen molar-refractivity contribution in [3.63, 3.8) is 0 Å². The summed E-state index contributed by atoms with van der Waals surface area (Å²) in [4.78, 5) is 55.5. The number of hydrogen-bond donors (Lipinski definition) is 4. The third kappa shape index (κ3) is 10.8. The molecule has 53 heavy (non-hydrogen) atoms. The summed E-state index contributed by atoms with van der Waals surface area (Å²) in [6.07, 6.45) is -0.199. The predicted octanol–water partition coefficient (Wildman–Crippen LogP) is 5.02. The number of phenols is 1. The number of carbonyl (C=O) groups excluding carboxylic acids is 4. The Bertz CT molecular complexity index is 1930. The van der Waals surface area contributed by atoms with E-state index in [0.717, 1.165) is 0 Å². The molecule has 1 aliphatic heterocycles. The van der Waals surface area contributed by atoms with Crippen molar-refractivity contribution < 1.29 is 42.9 Å². The Hall–Kier alpha value is -5.82. The minimum atomic E-state index is -1.20. The van der Waals surface area contributed by atoms with E-state index in [9.17, 15) is 28.7 Å². The van der Waals surface area contributed by atoms with Gasteiger partial charge in [-0.15, -0.1) is 0 Å². The zero-order chi connectivity index (χ0) is 37.9. The van der Waals surface area contributed by atoms with Crippen LogP contribution in [0, 0.1) is 5.82 Å². The Labute approximate surface area is 311 Å². The highest BCUT2D eigenvalue weighted by molar-refractivity contribution is 6.30. The number of likely N-dealkylation sites (N-methyl/N-ethyl adjacent to an activating group) is 1. The van der Waals surface area contributed by atoms with Crippen LogP contribution in [0.2, 0.25) is 5.02 Å². The van der Waals surface area contributed by atoms with Gasteiger partial charge in [0.1, 0.15) is 42.5 Å². The van der Waals surface area contributed by atoms with Crippen molar-refractivity contribution in [3.8, 4) is 28.7 Å². The van der Waals surface area contributed by atoms with Crippen LogP contribution in [0.25, 0.3) is 0 Å². The molecular weight excluding hydrogens is 707 g/mol. The first-order valence-corrected chi connectivity index (χ1v) is 17.3. The van der Waals surface area contributed by atoms with Gasteiger partial charge in [0.2, 0.25) is 17.7 Å². The number of phenolic OH excluding ortho intramolecular Hbond substituents is 1. The number of benzene rings is 4. The molecule has 0 saturated carbocycles. The van der Waals surface area contributed by atoms with Gasteiger partial charge in [0, 0.05) is 24.9 Å². The van der Waals surface area contributed by atoms with E-state index >= 15 is 0 Å². The average Bonchev–Trinajstić information content (AvgIpc) is 3.13. The van der Waals surface area contributed by atoms with Gasteiger partial charge in [0.05, 0.1) is 18.2 Å². The van der Waals surface area contributed by atoms with E-state index in [2.05, 4.69) is 16.0 Å². The van der Waals surface area contributed by atoms with Gasteiger partial charge in [-0.3, -0.25) is 19.2 Å². The predicted molar refractivity (Wildman–Crippen MR) is 195 cm³/mol. The summed E-state index contributed by atoms with van der Waals surface area (Å²) >= 11 is 6.06. The van der Waals surface area contributed by atoms with Crippen molar-refractivity contribution in [1.82, 2.24) is 20.9 Å². The van der Waals surface area contributed by atoms with E-state index in [4.69, 9.17) is 25.8 Å². The third-order valence-corrected chi connectivity index (χ3v) is 8.54. The largest absolute Gasteiger partial charge is 0.508 e. The molecular formula is C39H40ClFN4O8. The first kappa shape index (κ1) is 38.4. The highest BCUT2D eigenvalue weighted by Gasteiger charge is 2.29. The maximum absolute atomic E-state index is 14.9. The Kier molecular flexibility index (Phi) is 13.1. The van der Waals surface area contributed by atoms with E-state index in [-0.39, 0.29) is 73.5 Å². The van der Waals surface area contributed by atoms with Crippen LogP contribution in [-0.4, -0.2) is 78.6 Å². The second-order valence-corrected chi connectivity index (χ2v) is 12.9. The van der Waals surface area contributed by atoms with E-state index in [1.165, 1.54) is 35.2 Å². The standard InChI is InChI=1S/C39H40ClFN4O8/c1-24(23-52-36-30(41)10-6-12-34(36)53-28-8-5-7-26(40)22-28)42-38(49)31-17-18-35(47)43-32(21-25-13-15-27(46)16-14-25)39(50)45(2)19-20-51-33-11-4-3-9-29(33)37(48)44-31/h3-16,22,24,31-32,46H,17-21,23H2,1-2H3,(H,42,49)(H,43,47)(H,44,48)/t24-,31+,32+/m1/s1. The second-order valence-electron chi connectivity index (χ2n) is 12.5. The van der Waals surface area contributed by atoms with Crippen molar-refractivity contribution in [2.75, 3.05) is 26.8 Å². The fraction of sp³-hybridized carbons (Fsp3) is 0.282. The van der Waals surface area contributed by atoms with Gasteiger partial charge in [-0.25, -0.2) is 4.39 Å². The molecule has 0 saturated heterocycles. The number of para-hydroxylation sites is 2. The number of fused-ring (bicyclic) bond motifs is 1. The second kappa shape index (κ2) is 18.1. The van der Waals surface area contributed by atoms with Gasteiger partial charge in [0.25, 0.3) is 5.91 Å². The third-order valence-electron chi connectivity index (χ3n) is 8.30. The molecule has 4 amide bonds. The summed E-state index contributed by atoms with van der Waals surface area (Å²) in [6, 6.07) is 20.7. The number of nitrogens with zero attached hydrogens (tertiary/aromatic N) is 1. The zero-order valence-corrected chi connectivity index (χ0v) is 29.9. The molecule has 1 heterocycles. The summed E-state index contributed by atoms with van der Waals surface area (Å²) < 4.78 is 32.4. The first-order valence-electron chi connectivity index (χ1n) is 17.0. The molecule has 0 unspecified atom stereocenters. The summed E-state index contributed by atoms with van der Waals surface area (Å²) in [7, 11) is 1.59. The molecule has 0 radical (unpaired) electrons. The maximum Gasteiger partial charge on any atom is 0.255 e. The molecule has 1 aliphatic rings. The molecule has 0 bridgehead atoms. The maximum atomic E-state index is 14.9. The molecule has 12 nitrogen and oxygen atoms in total. The zero-order valence-electron chi connectivity index (χ0n) is 29.1. The van der Waals surface area contributed by atoms with Crippen LogP contribution in [0.5, 0.6) is 28.7 Å². The van der Waals surface area contributed by atoms with Crippen molar-refractivity contribution in [2.45, 2.75) is 44.3 Å². The summed E-state index contributed by atoms with van der Waals surface area (Å²) in [5.41, 5.74) is 0.865. The average molecular weight is 747 g/mol. The lowest BCUT2D eigenvalue weighted by atomic mass is 10.0. The van der Waals surface area contributed by atoms with Crippen molar-refractivity contribution >= 4 is 35.2 Å². The number of amides is 4. The first-order chi connectivity index (χ1) is 25.5. The lowest BCUT2D eigenvalue weighted by Gasteiger charge is -2.25. The van der Waals surface area contributed by atoms with Crippen LogP contribution in [-0.2, 0) is 20.8 Å². The Balaban J connectivity index is 1.31. The minimum absolute atomic E-state index is 0.0433. The molecule has 0 aromatic heterocycles. The van der Waals surface area contributed by atoms with E-state index in [0.29, 0.717) is 16.3 Å². The lowest BCUT2D eigenvalue weighted by Crippen LogP contribution is -2.51. The minimum Gasteiger partial charge on any atom is -0.508 e. The van der Waals surface area contributed by atoms with Gasteiger partial charge < -0.3 is 40.2 Å². The number of ether oxygens (including phenoxy) is 3. The van der Waals surface area contributed by atoms with Crippen LogP contribution in [0.1, 0.15) is 35.7 Å². The molecule has 278 valence electrons. The fourth-order valence-electron chi connectivity index (χ4n) is 5.52. The fourth-order valence-corrected chi connectivity index (χ4v) is 5.70. The van der Waals surface area contributed by atoms with Gasteiger partial charge >= 0.3 is 0 Å². The van der Waals surface area contributed by atoms with Crippen LogP contribution in [0.3, 0.4) is 0 Å². The summed E-state index contributed by atoms with van der Waals surface area (Å²) in [5.74, 6) is -2.19. The number of halogens is 2. The monoisotopic (exact) mass is 746 g/mol. The Morgan fingerprint density at radius 1 is 1.04 bits per heavy atom. The van der Waals surface area contributed by atoms with Crippen molar-refractivity contribution in [2.24, 2.45) is 0 Å². The SMILES string of the molecule is C[C@H](COc1c(F)cccc1Oc1cccc(Cl)c1)NC(=O)[C@@H]1CCC(=O)N[C@@H](Cc2ccc(O)cc2)C(=O)N(C)CCOc2ccccc2C(=O)N1. The molecule has 0 aliphatic carbocycles. The van der Waals surface area contributed by atoms with Gasteiger partial charge in [-0.05, 0) is 73.5 Å². The van der Waals surface area contributed by atoms with E-state index < -0.39 is 41.7 Å². The topological polar surface area (TPSA) is 156 Å². The van der Waals surface area contributed by atoms with Crippen LogP contribution in [0.4, 0.5) is 4.39 Å². The van der Waals surface area contributed by atoms with Crippen molar-refractivity contribution in [3.05, 3.63) is 113 Å². The molecule has 0 fully saturated rings. The summed E-state index contributed by atoms with van der Waals surface area (Å²) in [6.45, 7) is 1.66. The molecule has 4 N–H and O–H groups in total. The highest BCUT2D eigenvalue weighted by Crippen LogP contribution is 2.34. The number of rotatable bonds is 9. The normalized spacial score (nSPS) is 17.5. The van der Waals surface area contributed by atoms with Crippen molar-refractivity contribution in [1.29, 1.82) is 0 Å². The highest BCUT2D eigenvalue weighted by atomic mass is 35.5. The van der Waals surface area contributed by atoms with Crippen LogP contribution in [0.15, 0.2) is 91.0 Å². The van der Waals surface area contributed by atoms with Crippen LogP contribution >= 0.6 is 11.6 Å². The molecule has 4 aromatic rings. The quantitative estimate of drug-likeness (QED) is 0.186. The Morgan fingerprint density at radius 2 is 1.79 bits per heavy atom. The smallest absolute Gasteiger partial charge is 0.255 e. The van der Waals surface area contributed by atoms with Gasteiger partial charge in [0.15, 0.2) is 17.3 Å². The van der Waals surface area contributed by atoms with Gasteiger partial charge in [-0.1, -0.05) is 48.0 Å². The Morgan fingerprint density at radius 3 is 2.57 bits per heavy atom. The molecule has 3 atom stereocenters. The molecule has 5 rings (SSSR count). The molecule has 4 aromatic carbocycles. The lowest BCUT2D eigenvalue weighted by molar-refractivity contribution is -0.135. The van der Waals surface area contributed by atoms with E-state index in [1.807, 2.05) is 0 Å². The van der Waals surface area contributed by atoms with Gasteiger partial charge in [-0.2, -0.15) is 0 Å². The number of carbonyl (C=O) groups is 4. The number of hydrogen-bond acceptors (Lipinski definition) is 8. The summed E-state index contributed by atoms with van der Waals surface area (Å²) in [5, 5.41) is 18.4.